The van der Waals surface area contributed by atoms with E-state index in [4.69, 9.17) is 0 Å². The average molecular weight is 541 g/mol. The molecule has 1 aliphatic heterocycles. The normalized spacial score (nSPS) is 18.0. The Labute approximate surface area is 239 Å². The summed E-state index contributed by atoms with van der Waals surface area (Å²) in [6.07, 6.45) is 8.25. The highest BCUT2D eigenvalue weighted by Gasteiger charge is 2.31. The minimum Gasteiger partial charge on any atom is -0.392 e. The highest BCUT2D eigenvalue weighted by Crippen LogP contribution is 2.41. The molecule has 1 aliphatic rings. The lowest BCUT2D eigenvalue weighted by atomic mass is 9.69. The molecule has 1 fully saturated rings. The minimum atomic E-state index is -0.218. The van der Waals surface area contributed by atoms with Crippen LogP contribution in [0.4, 0.5) is 0 Å². The zero-order valence-corrected chi connectivity index (χ0v) is 25.1. The van der Waals surface area contributed by atoms with Crippen LogP contribution in [0.15, 0.2) is 66.7 Å². The van der Waals surface area contributed by atoms with Crippen molar-refractivity contribution in [1.82, 2.24) is 0 Å². The van der Waals surface area contributed by atoms with Crippen molar-refractivity contribution < 1.29 is 9.90 Å². The van der Waals surface area contributed by atoms with Gasteiger partial charge in [0.2, 0.25) is 0 Å². The van der Waals surface area contributed by atoms with Crippen LogP contribution in [0.2, 0.25) is 0 Å². The van der Waals surface area contributed by atoms with Crippen molar-refractivity contribution >= 4 is 23.6 Å². The molecule has 0 spiro atoms. The number of benzene rings is 3. The van der Waals surface area contributed by atoms with Gasteiger partial charge in [0, 0.05) is 29.9 Å². The Morgan fingerprint density at radius 1 is 0.949 bits per heavy atom. The third-order valence-corrected chi connectivity index (χ3v) is 9.90. The van der Waals surface area contributed by atoms with Crippen LogP contribution in [0.25, 0.3) is 17.2 Å². The lowest BCUT2D eigenvalue weighted by Gasteiger charge is -2.34. The lowest BCUT2D eigenvalue weighted by molar-refractivity contribution is -0.118. The second-order valence-corrected chi connectivity index (χ2v) is 12.3. The number of aliphatic hydroxyl groups excluding tert-OH is 1. The molecule has 1 heterocycles. The maximum absolute atomic E-state index is 11.8. The number of aryl methyl sites for hydroxylation is 2. The third-order valence-electron chi connectivity index (χ3n) is 8.75. The van der Waals surface area contributed by atoms with Gasteiger partial charge in [0.15, 0.2) is 0 Å². The Hall–Kier alpha value is -2.62. The summed E-state index contributed by atoms with van der Waals surface area (Å²) in [5.41, 5.74) is 10.00. The molecular formula is C36H44O2S. The van der Waals surface area contributed by atoms with Crippen LogP contribution < -0.4 is 0 Å². The fraction of sp³-hybridized carbons (Fsp3) is 0.417. The number of Topliss-reactive ketones (excluding diaryl/α,β-unsaturated/α-hetero) is 1. The smallest absolute Gasteiger partial charge is 0.136 e. The van der Waals surface area contributed by atoms with Crippen molar-refractivity contribution in [1.29, 1.82) is 0 Å². The zero-order valence-electron chi connectivity index (χ0n) is 24.3. The molecule has 0 aromatic heterocycles. The summed E-state index contributed by atoms with van der Waals surface area (Å²) in [6, 6.07) is 22.4. The van der Waals surface area contributed by atoms with Crippen LogP contribution in [0.1, 0.15) is 79.8 Å². The van der Waals surface area contributed by atoms with Gasteiger partial charge < -0.3 is 5.11 Å². The van der Waals surface area contributed by atoms with E-state index in [1.807, 2.05) is 18.7 Å². The standard InChI is InChI=1S/C36H44O2S/c1-6-33(37)23-27-9-11-29(12-10-27)34-18-17-32(22-26(34)5)36(7-2,8-3)31-16-15-28(25(4)21-31)13-14-30-24-39-20-19-35(30)38/h9-18,21-22,30,35,38H,6-8,19-20,23-24H2,1-5H3. The van der Waals surface area contributed by atoms with Crippen LogP contribution in [0.5, 0.6) is 0 Å². The molecule has 1 saturated heterocycles. The Bertz CT molecular complexity index is 1300. The molecule has 0 saturated carbocycles. The Balaban J connectivity index is 1.60. The number of hydrogen-bond donors (Lipinski definition) is 1. The first-order valence-corrected chi connectivity index (χ1v) is 15.7. The lowest BCUT2D eigenvalue weighted by Crippen LogP contribution is -2.26. The topological polar surface area (TPSA) is 37.3 Å². The van der Waals surface area contributed by atoms with Gasteiger partial charge in [-0.3, -0.25) is 4.79 Å². The fourth-order valence-electron chi connectivity index (χ4n) is 5.99. The second-order valence-electron chi connectivity index (χ2n) is 11.1. The van der Waals surface area contributed by atoms with E-state index in [0.29, 0.717) is 12.8 Å². The van der Waals surface area contributed by atoms with Crippen molar-refractivity contribution in [2.24, 2.45) is 5.92 Å². The molecule has 1 N–H and O–H groups in total. The molecule has 4 rings (SSSR count). The second kappa shape index (κ2) is 13.2. The Morgan fingerprint density at radius 2 is 1.62 bits per heavy atom. The van der Waals surface area contributed by atoms with E-state index < -0.39 is 0 Å². The molecule has 0 bridgehead atoms. The summed E-state index contributed by atoms with van der Waals surface area (Å²) < 4.78 is 0. The van der Waals surface area contributed by atoms with Crippen molar-refractivity contribution in [3.63, 3.8) is 0 Å². The predicted octanol–water partition coefficient (Wildman–Crippen LogP) is 8.73. The van der Waals surface area contributed by atoms with Gasteiger partial charge >= 0.3 is 0 Å². The number of thioether (sulfide) groups is 1. The SMILES string of the molecule is CCC(=O)Cc1ccc(-c2ccc(C(CC)(CC)c3ccc(C=CC4CSCCC4O)c(C)c3)cc2C)cc1. The van der Waals surface area contributed by atoms with Gasteiger partial charge in [-0.2, -0.15) is 11.8 Å². The third kappa shape index (κ3) is 6.58. The number of ketones is 1. The number of aliphatic hydroxyl groups is 1. The van der Waals surface area contributed by atoms with Gasteiger partial charge in [0.1, 0.15) is 5.78 Å². The first kappa shape index (κ1) is 29.4. The summed E-state index contributed by atoms with van der Waals surface area (Å²) in [6.45, 7) is 10.9. The molecule has 3 aromatic rings. The Kier molecular flexibility index (Phi) is 9.91. The van der Waals surface area contributed by atoms with Crippen molar-refractivity contribution in [3.8, 4) is 11.1 Å². The molecule has 2 nitrogen and oxygen atoms in total. The number of carbonyl (C=O) groups excluding carboxylic acids is 1. The number of hydrogen-bond acceptors (Lipinski definition) is 3. The van der Waals surface area contributed by atoms with Crippen LogP contribution >= 0.6 is 11.8 Å². The maximum atomic E-state index is 11.8. The first-order chi connectivity index (χ1) is 18.8. The molecule has 2 unspecified atom stereocenters. The number of carbonyl (C=O) groups is 1. The van der Waals surface area contributed by atoms with Crippen LogP contribution in [-0.2, 0) is 16.6 Å². The van der Waals surface area contributed by atoms with Crippen LogP contribution in [0.3, 0.4) is 0 Å². The summed E-state index contributed by atoms with van der Waals surface area (Å²) in [5, 5.41) is 10.3. The van der Waals surface area contributed by atoms with Crippen molar-refractivity contribution in [2.75, 3.05) is 11.5 Å². The fourth-order valence-corrected chi connectivity index (χ4v) is 7.17. The largest absolute Gasteiger partial charge is 0.392 e. The van der Waals surface area contributed by atoms with Crippen LogP contribution in [0, 0.1) is 19.8 Å². The van der Waals surface area contributed by atoms with Crippen LogP contribution in [-0.4, -0.2) is 28.5 Å². The first-order valence-electron chi connectivity index (χ1n) is 14.6. The summed E-state index contributed by atoms with van der Waals surface area (Å²) in [4.78, 5) is 11.8. The number of rotatable bonds is 10. The highest BCUT2D eigenvalue weighted by molar-refractivity contribution is 7.99. The van der Waals surface area contributed by atoms with E-state index in [9.17, 15) is 9.90 Å². The molecular weight excluding hydrogens is 496 g/mol. The molecule has 0 radical (unpaired) electrons. The van der Waals surface area contributed by atoms with Crippen molar-refractivity contribution in [2.45, 2.75) is 78.2 Å². The van der Waals surface area contributed by atoms with Crippen molar-refractivity contribution in [3.05, 3.63) is 100 Å². The van der Waals surface area contributed by atoms with Gasteiger partial charge in [0.25, 0.3) is 0 Å². The summed E-state index contributed by atoms with van der Waals surface area (Å²) >= 11 is 1.94. The van der Waals surface area contributed by atoms with Gasteiger partial charge in [-0.25, -0.2) is 0 Å². The summed E-state index contributed by atoms with van der Waals surface area (Å²) in [7, 11) is 0. The van der Waals surface area contributed by atoms with E-state index in [1.165, 1.54) is 38.9 Å². The molecule has 0 aliphatic carbocycles. The quantitative estimate of drug-likeness (QED) is 0.279. The van der Waals surface area contributed by atoms with E-state index in [1.54, 1.807) is 0 Å². The van der Waals surface area contributed by atoms with E-state index in [-0.39, 0.29) is 23.2 Å². The van der Waals surface area contributed by atoms with Gasteiger partial charge in [-0.05, 0) is 83.4 Å². The highest BCUT2D eigenvalue weighted by atomic mass is 32.2. The zero-order chi connectivity index (χ0) is 28.0. The van der Waals surface area contributed by atoms with Gasteiger partial charge in [-0.15, -0.1) is 0 Å². The molecule has 2 atom stereocenters. The molecule has 0 amide bonds. The predicted molar refractivity (Wildman–Crippen MR) is 169 cm³/mol. The van der Waals surface area contributed by atoms with E-state index in [0.717, 1.165) is 36.3 Å². The van der Waals surface area contributed by atoms with E-state index >= 15 is 0 Å². The monoisotopic (exact) mass is 540 g/mol. The Morgan fingerprint density at radius 3 is 2.21 bits per heavy atom. The van der Waals surface area contributed by atoms with Gasteiger partial charge in [-0.1, -0.05) is 93.6 Å². The minimum absolute atomic E-state index is 0.0448. The molecule has 206 valence electrons. The van der Waals surface area contributed by atoms with E-state index in [2.05, 4.69) is 101 Å². The average Bonchev–Trinajstić information content (AvgIpc) is 2.95. The maximum Gasteiger partial charge on any atom is 0.136 e. The van der Waals surface area contributed by atoms with Gasteiger partial charge in [0.05, 0.1) is 6.10 Å². The molecule has 3 aromatic carbocycles. The molecule has 39 heavy (non-hydrogen) atoms. The summed E-state index contributed by atoms with van der Waals surface area (Å²) in [5.74, 6) is 2.58. The molecule has 3 heteroatoms.